The summed E-state index contributed by atoms with van der Waals surface area (Å²) in [6.45, 7) is 7.82. The summed E-state index contributed by atoms with van der Waals surface area (Å²) in [5.74, 6) is 0.743. The molecular weight excluding hydrogens is 182 g/mol. The molecule has 0 saturated carbocycles. The molecule has 0 aromatic heterocycles. The van der Waals surface area contributed by atoms with E-state index < -0.39 is 0 Å². The molecule has 0 spiro atoms. The zero-order chi connectivity index (χ0) is 10.8. The highest BCUT2D eigenvalue weighted by Crippen LogP contribution is 2.36. The van der Waals surface area contributed by atoms with Gasteiger partial charge in [-0.25, -0.2) is 0 Å². The Morgan fingerprint density at radius 1 is 1.33 bits per heavy atom. The molecule has 15 heavy (non-hydrogen) atoms. The fourth-order valence-electron chi connectivity index (χ4n) is 2.64. The minimum absolute atomic E-state index is 0.580. The van der Waals surface area contributed by atoms with Crippen molar-refractivity contribution >= 4 is 0 Å². The van der Waals surface area contributed by atoms with Gasteiger partial charge < -0.3 is 5.32 Å². The largest absolute Gasteiger partial charge is 0.310 e. The smallest absolute Gasteiger partial charge is 0.0351 e. The summed E-state index contributed by atoms with van der Waals surface area (Å²) in [6.07, 6.45) is 2.37. The third-order valence-corrected chi connectivity index (χ3v) is 3.49. The Morgan fingerprint density at radius 2 is 2.13 bits per heavy atom. The maximum atomic E-state index is 3.60. The summed E-state index contributed by atoms with van der Waals surface area (Å²) < 4.78 is 0. The van der Waals surface area contributed by atoms with Crippen LogP contribution in [0.2, 0.25) is 0 Å². The van der Waals surface area contributed by atoms with Crippen molar-refractivity contribution in [3.05, 3.63) is 34.9 Å². The molecule has 2 rings (SSSR count). The zero-order valence-corrected chi connectivity index (χ0v) is 10.0. The van der Waals surface area contributed by atoms with Crippen molar-refractivity contribution in [2.75, 3.05) is 6.54 Å². The van der Waals surface area contributed by atoms with Crippen molar-refractivity contribution in [2.24, 2.45) is 5.92 Å². The first-order valence-corrected chi connectivity index (χ1v) is 6.11. The lowest BCUT2D eigenvalue weighted by Gasteiger charge is -2.17. The van der Waals surface area contributed by atoms with Gasteiger partial charge in [0.15, 0.2) is 0 Å². The Balaban J connectivity index is 2.32. The number of hydrogen-bond acceptors (Lipinski definition) is 1. The van der Waals surface area contributed by atoms with Crippen LogP contribution in [-0.2, 0) is 12.8 Å². The van der Waals surface area contributed by atoms with Crippen LogP contribution in [0.4, 0.5) is 0 Å². The van der Waals surface area contributed by atoms with E-state index in [-0.39, 0.29) is 0 Å². The van der Waals surface area contributed by atoms with Gasteiger partial charge in [-0.3, -0.25) is 0 Å². The van der Waals surface area contributed by atoms with Crippen LogP contribution in [0.3, 0.4) is 0 Å². The predicted molar refractivity (Wildman–Crippen MR) is 65.1 cm³/mol. The maximum Gasteiger partial charge on any atom is 0.0351 e. The van der Waals surface area contributed by atoms with Gasteiger partial charge in [-0.2, -0.15) is 0 Å². The molecule has 0 fully saturated rings. The van der Waals surface area contributed by atoms with Gasteiger partial charge in [0, 0.05) is 6.04 Å². The zero-order valence-electron chi connectivity index (χ0n) is 10.0. The van der Waals surface area contributed by atoms with E-state index in [0.717, 1.165) is 18.9 Å². The predicted octanol–water partition coefficient (Wildman–Crippen LogP) is 3.09. The van der Waals surface area contributed by atoms with Crippen molar-refractivity contribution in [1.82, 2.24) is 5.32 Å². The lowest BCUT2D eigenvalue weighted by atomic mass is 10.0. The Labute approximate surface area is 92.9 Å². The number of rotatable bonds is 3. The Morgan fingerprint density at radius 3 is 2.80 bits per heavy atom. The van der Waals surface area contributed by atoms with Crippen LogP contribution in [0.25, 0.3) is 0 Å². The summed E-state index contributed by atoms with van der Waals surface area (Å²) in [6, 6.07) is 7.57. The summed E-state index contributed by atoms with van der Waals surface area (Å²) in [7, 11) is 0. The second-order valence-corrected chi connectivity index (χ2v) is 4.60. The third kappa shape index (κ3) is 1.93. The van der Waals surface area contributed by atoms with Crippen LogP contribution in [0.1, 0.15) is 43.5 Å². The molecule has 82 valence electrons. The molecule has 0 bridgehead atoms. The SMILES string of the molecule is CCNC1c2cc(CC)ccc2CC1C. The van der Waals surface area contributed by atoms with Crippen molar-refractivity contribution in [3.8, 4) is 0 Å². The molecule has 2 unspecified atom stereocenters. The molecule has 0 radical (unpaired) electrons. The monoisotopic (exact) mass is 203 g/mol. The molecule has 2 atom stereocenters. The lowest BCUT2D eigenvalue weighted by molar-refractivity contribution is 0.426. The molecule has 0 aliphatic heterocycles. The van der Waals surface area contributed by atoms with Crippen LogP contribution in [-0.4, -0.2) is 6.54 Å². The van der Waals surface area contributed by atoms with Crippen molar-refractivity contribution in [2.45, 2.75) is 39.7 Å². The van der Waals surface area contributed by atoms with E-state index in [1.165, 1.54) is 12.0 Å². The minimum atomic E-state index is 0.580. The molecule has 0 saturated heterocycles. The number of benzene rings is 1. The van der Waals surface area contributed by atoms with Gasteiger partial charge in [0.2, 0.25) is 0 Å². The summed E-state index contributed by atoms with van der Waals surface area (Å²) >= 11 is 0. The van der Waals surface area contributed by atoms with Crippen LogP contribution < -0.4 is 5.32 Å². The number of hydrogen-bond donors (Lipinski definition) is 1. The first-order valence-electron chi connectivity index (χ1n) is 6.11. The summed E-state index contributed by atoms with van der Waals surface area (Å²) in [4.78, 5) is 0. The summed E-state index contributed by atoms with van der Waals surface area (Å²) in [5.41, 5.74) is 4.56. The Kier molecular flexibility index (Phi) is 3.11. The molecular formula is C14H21N. The maximum absolute atomic E-state index is 3.60. The Bertz CT molecular complexity index is 343. The second kappa shape index (κ2) is 4.36. The highest BCUT2D eigenvalue weighted by molar-refractivity contribution is 5.39. The molecule has 1 nitrogen and oxygen atoms in total. The summed E-state index contributed by atoms with van der Waals surface area (Å²) in [5, 5.41) is 3.60. The Hall–Kier alpha value is -0.820. The quantitative estimate of drug-likeness (QED) is 0.796. The first-order chi connectivity index (χ1) is 7.26. The van der Waals surface area contributed by atoms with Gasteiger partial charge in [0.1, 0.15) is 0 Å². The van der Waals surface area contributed by atoms with Gasteiger partial charge in [-0.1, -0.05) is 39.0 Å². The highest BCUT2D eigenvalue weighted by Gasteiger charge is 2.28. The van der Waals surface area contributed by atoms with E-state index in [4.69, 9.17) is 0 Å². The standard InChI is InChI=1S/C14H21N/c1-4-11-6-7-12-8-10(3)14(15-5-2)13(12)9-11/h6-7,9-10,14-15H,4-5,8H2,1-3H3. The average Bonchev–Trinajstić information content (AvgIpc) is 2.55. The average molecular weight is 203 g/mol. The molecule has 1 N–H and O–H groups in total. The van der Waals surface area contributed by atoms with Crippen LogP contribution in [0.15, 0.2) is 18.2 Å². The normalized spacial score (nSPS) is 24.2. The van der Waals surface area contributed by atoms with Gasteiger partial charge in [0.05, 0.1) is 0 Å². The van der Waals surface area contributed by atoms with Gasteiger partial charge in [-0.05, 0) is 42.0 Å². The van der Waals surface area contributed by atoms with E-state index in [1.54, 1.807) is 11.1 Å². The number of aryl methyl sites for hydroxylation is 1. The fraction of sp³-hybridized carbons (Fsp3) is 0.571. The number of fused-ring (bicyclic) bond motifs is 1. The highest BCUT2D eigenvalue weighted by atomic mass is 14.9. The van der Waals surface area contributed by atoms with Crippen LogP contribution in [0.5, 0.6) is 0 Å². The van der Waals surface area contributed by atoms with E-state index in [2.05, 4.69) is 44.3 Å². The first kappa shape index (κ1) is 10.7. The molecule has 1 aliphatic carbocycles. The van der Waals surface area contributed by atoms with Crippen molar-refractivity contribution in [3.63, 3.8) is 0 Å². The van der Waals surface area contributed by atoms with Gasteiger partial charge in [0.25, 0.3) is 0 Å². The fourth-order valence-corrected chi connectivity index (χ4v) is 2.64. The van der Waals surface area contributed by atoms with E-state index in [1.807, 2.05) is 0 Å². The topological polar surface area (TPSA) is 12.0 Å². The molecule has 1 aromatic rings. The molecule has 0 heterocycles. The van der Waals surface area contributed by atoms with Gasteiger partial charge in [-0.15, -0.1) is 0 Å². The molecule has 1 heteroatoms. The molecule has 1 aromatic carbocycles. The van der Waals surface area contributed by atoms with E-state index in [9.17, 15) is 0 Å². The minimum Gasteiger partial charge on any atom is -0.310 e. The third-order valence-electron chi connectivity index (χ3n) is 3.49. The van der Waals surface area contributed by atoms with Crippen molar-refractivity contribution in [1.29, 1.82) is 0 Å². The second-order valence-electron chi connectivity index (χ2n) is 4.60. The van der Waals surface area contributed by atoms with E-state index in [0.29, 0.717) is 6.04 Å². The van der Waals surface area contributed by atoms with Gasteiger partial charge >= 0.3 is 0 Å². The molecule has 1 aliphatic rings. The van der Waals surface area contributed by atoms with Crippen LogP contribution in [0, 0.1) is 5.92 Å². The van der Waals surface area contributed by atoms with E-state index >= 15 is 0 Å². The van der Waals surface area contributed by atoms with Crippen LogP contribution >= 0.6 is 0 Å². The lowest BCUT2D eigenvalue weighted by Crippen LogP contribution is -2.23. The molecule has 0 amide bonds. The van der Waals surface area contributed by atoms with Crippen molar-refractivity contribution < 1.29 is 0 Å². The number of nitrogens with one attached hydrogen (secondary N) is 1.